The number of hydrogen-bond donors (Lipinski definition) is 0. The number of halogens is 2. The van der Waals surface area contributed by atoms with E-state index in [2.05, 4.69) is 40.0 Å². The Labute approximate surface area is 196 Å². The van der Waals surface area contributed by atoms with E-state index in [9.17, 15) is 9.18 Å². The number of alkyl halides is 1. The Hall–Kier alpha value is -2.53. The quantitative estimate of drug-likeness (QED) is 0.378. The second-order valence-electron chi connectivity index (χ2n) is 9.05. The molecule has 0 spiro atoms. The molecule has 3 aromatic rings. The number of rotatable bonds is 5. The van der Waals surface area contributed by atoms with Gasteiger partial charge in [-0.15, -0.1) is 0 Å². The van der Waals surface area contributed by atoms with Gasteiger partial charge >= 0.3 is 0 Å². The molecule has 1 amide bonds. The van der Waals surface area contributed by atoms with Crippen LogP contribution in [0.15, 0.2) is 48.7 Å². The zero-order valence-corrected chi connectivity index (χ0v) is 20.0. The minimum Gasteiger partial charge on any atom is -0.329 e. The van der Waals surface area contributed by atoms with Gasteiger partial charge in [0.1, 0.15) is 5.82 Å². The lowest BCUT2D eigenvalue weighted by atomic mass is 9.86. The summed E-state index contributed by atoms with van der Waals surface area (Å²) in [5.74, 6) is 0.320. The highest BCUT2D eigenvalue weighted by atomic mass is 79.9. The van der Waals surface area contributed by atoms with E-state index in [0.717, 1.165) is 58.3 Å². The number of aromatic nitrogens is 1. The lowest BCUT2D eigenvalue weighted by Crippen LogP contribution is -2.41. The molecule has 1 aliphatic carbocycles. The molecule has 5 heteroatoms. The van der Waals surface area contributed by atoms with Crippen LogP contribution in [0.5, 0.6) is 0 Å². The summed E-state index contributed by atoms with van der Waals surface area (Å²) in [5, 5.41) is 0.659. The molecule has 3 nitrogen and oxygen atoms in total. The highest BCUT2D eigenvalue weighted by molar-refractivity contribution is 9.08. The van der Waals surface area contributed by atoms with Crippen molar-refractivity contribution < 1.29 is 9.18 Å². The van der Waals surface area contributed by atoms with Crippen molar-refractivity contribution in [1.29, 1.82) is 0 Å². The van der Waals surface area contributed by atoms with Gasteiger partial charge in [0.15, 0.2) is 0 Å². The lowest BCUT2D eigenvalue weighted by molar-refractivity contribution is 0.0627. The van der Waals surface area contributed by atoms with E-state index in [1.54, 1.807) is 6.07 Å². The van der Waals surface area contributed by atoms with Crippen LogP contribution in [0.2, 0.25) is 0 Å². The second kappa shape index (κ2) is 8.43. The van der Waals surface area contributed by atoms with Gasteiger partial charge in [-0.25, -0.2) is 4.39 Å². The van der Waals surface area contributed by atoms with Crippen LogP contribution in [0.1, 0.15) is 57.2 Å². The molecular weight excluding hydrogens is 467 g/mol. The van der Waals surface area contributed by atoms with Crippen molar-refractivity contribution in [2.75, 3.05) is 6.54 Å². The first-order chi connectivity index (χ1) is 15.5. The number of amides is 1. The Bertz CT molecular complexity index is 1200. The fourth-order valence-corrected chi connectivity index (χ4v) is 5.31. The molecule has 0 N–H and O–H groups in total. The third-order valence-corrected chi connectivity index (χ3v) is 7.33. The Kier molecular flexibility index (Phi) is 5.62. The Balaban J connectivity index is 1.59. The molecule has 0 saturated heterocycles. The van der Waals surface area contributed by atoms with Gasteiger partial charge in [0, 0.05) is 23.6 Å². The van der Waals surface area contributed by atoms with Gasteiger partial charge in [0.25, 0.3) is 5.91 Å². The van der Waals surface area contributed by atoms with E-state index in [-0.39, 0.29) is 17.8 Å². The van der Waals surface area contributed by atoms with Crippen LogP contribution < -0.4 is 0 Å². The molecular formula is C27H26BrFN2O. The minimum atomic E-state index is -0.239. The number of fused-ring (bicyclic) bond motifs is 1. The van der Waals surface area contributed by atoms with Crippen molar-refractivity contribution in [3.05, 3.63) is 88.0 Å². The molecule has 1 saturated carbocycles. The molecule has 1 fully saturated rings. The molecule has 0 radical (unpaired) electrons. The average molecular weight is 493 g/mol. The van der Waals surface area contributed by atoms with Crippen LogP contribution in [0.4, 0.5) is 4.39 Å². The highest BCUT2D eigenvalue weighted by Crippen LogP contribution is 2.46. The van der Waals surface area contributed by atoms with Crippen LogP contribution in [0, 0.1) is 25.6 Å². The first kappa shape index (κ1) is 21.3. The van der Waals surface area contributed by atoms with Crippen LogP contribution in [0.25, 0.3) is 11.1 Å². The van der Waals surface area contributed by atoms with Gasteiger partial charge in [-0.2, -0.15) is 0 Å². The normalized spacial score (nSPS) is 16.8. The monoisotopic (exact) mass is 492 g/mol. The van der Waals surface area contributed by atoms with Crippen molar-refractivity contribution in [3.63, 3.8) is 0 Å². The number of pyridine rings is 1. The number of carbonyl (C=O) groups excluding carboxylic acids is 1. The summed E-state index contributed by atoms with van der Waals surface area (Å²) in [6.45, 7) is 4.67. The van der Waals surface area contributed by atoms with Crippen LogP contribution in [0.3, 0.4) is 0 Å². The van der Waals surface area contributed by atoms with Gasteiger partial charge in [-0.05, 0) is 109 Å². The maximum absolute atomic E-state index is 13.9. The van der Waals surface area contributed by atoms with Crippen molar-refractivity contribution in [2.24, 2.45) is 5.92 Å². The number of carbonyl (C=O) groups is 1. The van der Waals surface area contributed by atoms with E-state index < -0.39 is 0 Å². The van der Waals surface area contributed by atoms with Gasteiger partial charge in [0.05, 0.1) is 11.7 Å². The smallest absolute Gasteiger partial charge is 0.254 e. The van der Waals surface area contributed by atoms with E-state index >= 15 is 0 Å². The predicted molar refractivity (Wildman–Crippen MR) is 128 cm³/mol. The second-order valence-corrected chi connectivity index (χ2v) is 9.61. The maximum atomic E-state index is 13.9. The summed E-state index contributed by atoms with van der Waals surface area (Å²) >= 11 is 3.57. The molecule has 1 atom stereocenters. The predicted octanol–water partition coefficient (Wildman–Crippen LogP) is 6.55. The number of hydrogen-bond acceptors (Lipinski definition) is 2. The number of aryl methyl sites for hydroxylation is 2. The Morgan fingerprint density at radius 2 is 1.88 bits per heavy atom. The summed E-state index contributed by atoms with van der Waals surface area (Å²) in [5.41, 5.74) is 7.96. The summed E-state index contributed by atoms with van der Waals surface area (Å²) < 4.78 is 13.7. The maximum Gasteiger partial charge on any atom is 0.254 e. The fraction of sp³-hybridized carbons (Fsp3) is 0.333. The molecule has 1 aliphatic heterocycles. The van der Waals surface area contributed by atoms with Crippen LogP contribution in [-0.4, -0.2) is 22.3 Å². The van der Waals surface area contributed by atoms with Crippen molar-refractivity contribution in [3.8, 4) is 11.1 Å². The number of benzene rings is 2. The zero-order valence-electron chi connectivity index (χ0n) is 18.4. The zero-order chi connectivity index (χ0) is 22.4. The summed E-state index contributed by atoms with van der Waals surface area (Å²) in [4.78, 5) is 20.6. The standard InChI is InChI=1S/C27H26BrFN2O/c1-16-7-9-30-25(11-16)26(19-3-4-19)31-10-8-22-23(21-6-5-20(29)12-17(21)2)13-18(15-28)14-24(22)27(31)32/h5-7,9,11-14,19,26H,3-4,8,10,15H2,1-2H3/t26-/m0/s1. The molecule has 32 heavy (non-hydrogen) atoms. The van der Waals surface area contributed by atoms with E-state index in [4.69, 9.17) is 0 Å². The molecule has 2 aromatic carbocycles. The molecule has 1 aromatic heterocycles. The van der Waals surface area contributed by atoms with Crippen molar-refractivity contribution in [2.45, 2.75) is 44.5 Å². The van der Waals surface area contributed by atoms with Crippen LogP contribution >= 0.6 is 15.9 Å². The van der Waals surface area contributed by atoms with Gasteiger partial charge in [-0.1, -0.05) is 22.0 Å². The summed E-state index contributed by atoms with van der Waals surface area (Å²) in [6, 6.07) is 13.2. The average Bonchev–Trinajstić information content (AvgIpc) is 3.60. The van der Waals surface area contributed by atoms with Gasteiger partial charge in [0.2, 0.25) is 0 Å². The first-order valence-electron chi connectivity index (χ1n) is 11.2. The molecule has 164 valence electrons. The molecule has 0 unspecified atom stereocenters. The van der Waals surface area contributed by atoms with Gasteiger partial charge in [-0.3, -0.25) is 9.78 Å². The van der Waals surface area contributed by atoms with E-state index in [1.165, 1.54) is 11.6 Å². The third kappa shape index (κ3) is 3.88. The Morgan fingerprint density at radius 3 is 2.56 bits per heavy atom. The Morgan fingerprint density at radius 1 is 1.09 bits per heavy atom. The summed E-state index contributed by atoms with van der Waals surface area (Å²) in [7, 11) is 0. The molecule has 2 heterocycles. The van der Waals surface area contributed by atoms with Crippen molar-refractivity contribution in [1.82, 2.24) is 9.88 Å². The molecule has 2 aliphatic rings. The van der Waals surface area contributed by atoms with Crippen LogP contribution in [-0.2, 0) is 11.8 Å². The topological polar surface area (TPSA) is 33.2 Å². The van der Waals surface area contributed by atoms with Crippen molar-refractivity contribution >= 4 is 21.8 Å². The minimum absolute atomic E-state index is 0.0270. The summed E-state index contributed by atoms with van der Waals surface area (Å²) in [6.07, 6.45) is 4.91. The fourth-order valence-electron chi connectivity index (χ4n) is 4.98. The lowest BCUT2D eigenvalue weighted by Gasteiger charge is -2.36. The van der Waals surface area contributed by atoms with Gasteiger partial charge < -0.3 is 4.90 Å². The largest absolute Gasteiger partial charge is 0.329 e. The first-order valence-corrected chi connectivity index (χ1v) is 12.3. The molecule has 5 rings (SSSR count). The SMILES string of the molecule is Cc1ccnc([C@H](C2CC2)N2CCc3c(cc(CBr)cc3-c3ccc(F)cc3C)C2=O)c1. The van der Waals surface area contributed by atoms with E-state index in [1.807, 2.05) is 36.2 Å². The molecule has 0 bridgehead atoms. The van der Waals surface area contributed by atoms with E-state index in [0.29, 0.717) is 17.8 Å². The number of nitrogens with zero attached hydrogens (tertiary/aromatic N) is 2. The highest BCUT2D eigenvalue weighted by Gasteiger charge is 2.41. The third-order valence-electron chi connectivity index (χ3n) is 6.68.